The quantitative estimate of drug-likeness (QED) is 0.469. The first-order valence-electron chi connectivity index (χ1n) is 6.08. The number of carbonyl (C=O) groups is 2. The van der Waals surface area contributed by atoms with Gasteiger partial charge in [-0.25, -0.2) is 0 Å². The Morgan fingerprint density at radius 2 is 1.72 bits per heavy atom. The van der Waals surface area contributed by atoms with E-state index in [1.54, 1.807) is 6.07 Å². The normalized spacial score (nSPS) is 16.0. The third-order valence-corrected chi connectivity index (χ3v) is 3.46. The lowest BCUT2D eigenvalue weighted by molar-refractivity contribution is -0.123. The Bertz CT molecular complexity index is 535. The second-order valence-electron chi connectivity index (χ2n) is 4.67. The van der Waals surface area contributed by atoms with E-state index >= 15 is 0 Å². The molecule has 18 heavy (non-hydrogen) atoms. The van der Waals surface area contributed by atoms with Crippen LogP contribution in [-0.2, 0) is 9.59 Å². The molecule has 1 N–H and O–H groups in total. The number of benzene rings is 1. The molecule has 0 bridgehead atoms. The molecule has 1 aliphatic carbocycles. The first-order valence-corrected chi connectivity index (χ1v) is 6.08. The molecule has 1 aromatic carbocycles. The highest BCUT2D eigenvalue weighted by molar-refractivity contribution is 6.25. The number of hydrogen-bond acceptors (Lipinski definition) is 3. The molecular weight excluding hydrogens is 228 g/mol. The molecule has 1 aliphatic rings. The topological polar surface area (TPSA) is 54.4 Å². The Morgan fingerprint density at radius 1 is 1.11 bits per heavy atom. The minimum Gasteiger partial charge on any atom is -0.506 e. The van der Waals surface area contributed by atoms with Crippen LogP contribution in [0.1, 0.15) is 36.0 Å². The van der Waals surface area contributed by atoms with Gasteiger partial charge in [-0.15, -0.1) is 0 Å². The van der Waals surface area contributed by atoms with E-state index in [0.717, 1.165) is 11.1 Å². The molecule has 3 heteroatoms. The van der Waals surface area contributed by atoms with Crippen molar-refractivity contribution in [1.29, 1.82) is 0 Å². The second kappa shape index (κ2) is 4.77. The second-order valence-corrected chi connectivity index (χ2v) is 4.67. The van der Waals surface area contributed by atoms with Crippen LogP contribution in [-0.4, -0.2) is 16.7 Å². The zero-order chi connectivity index (χ0) is 13.3. The van der Waals surface area contributed by atoms with Crippen LogP contribution in [0, 0.1) is 13.8 Å². The van der Waals surface area contributed by atoms with E-state index < -0.39 is 0 Å². The van der Waals surface area contributed by atoms with Crippen LogP contribution >= 0.6 is 0 Å². The highest BCUT2D eigenvalue weighted by atomic mass is 16.3. The molecule has 0 saturated heterocycles. The van der Waals surface area contributed by atoms with Crippen molar-refractivity contribution in [1.82, 2.24) is 0 Å². The van der Waals surface area contributed by atoms with E-state index in [-0.39, 0.29) is 22.9 Å². The molecule has 2 rings (SSSR count). The Morgan fingerprint density at radius 3 is 2.33 bits per heavy atom. The molecule has 0 spiro atoms. The third kappa shape index (κ3) is 2.08. The number of ketones is 2. The summed E-state index contributed by atoms with van der Waals surface area (Å²) in [4.78, 5) is 23.6. The number of aryl methyl sites for hydroxylation is 1. The number of hydrogen-bond donors (Lipinski definition) is 1. The molecule has 0 radical (unpaired) electrons. The lowest BCUT2D eigenvalue weighted by Gasteiger charge is -2.15. The minimum absolute atomic E-state index is 0.0186. The Kier molecular flexibility index (Phi) is 3.32. The van der Waals surface area contributed by atoms with Gasteiger partial charge in [0.15, 0.2) is 11.6 Å². The van der Waals surface area contributed by atoms with E-state index in [1.807, 2.05) is 26.0 Å². The lowest BCUT2D eigenvalue weighted by Crippen LogP contribution is -2.20. The van der Waals surface area contributed by atoms with Gasteiger partial charge in [0.25, 0.3) is 0 Å². The van der Waals surface area contributed by atoms with Gasteiger partial charge in [0.05, 0.1) is 0 Å². The number of Topliss-reactive ketones (excluding diaryl/α,β-unsaturated/α-hetero) is 2. The molecule has 0 amide bonds. The van der Waals surface area contributed by atoms with Gasteiger partial charge in [-0.3, -0.25) is 9.59 Å². The van der Waals surface area contributed by atoms with Crippen LogP contribution in [0.3, 0.4) is 0 Å². The van der Waals surface area contributed by atoms with Crippen molar-refractivity contribution < 1.29 is 14.7 Å². The fraction of sp³-hybridized carbons (Fsp3) is 0.333. The predicted molar refractivity (Wildman–Crippen MR) is 69.3 cm³/mol. The monoisotopic (exact) mass is 244 g/mol. The number of rotatable bonds is 1. The van der Waals surface area contributed by atoms with Crippen molar-refractivity contribution in [2.24, 2.45) is 0 Å². The first-order chi connectivity index (χ1) is 8.52. The maximum absolute atomic E-state index is 11.8. The standard InChI is InChI=1S/C15H16O3/c1-9-5-3-6-11(10(9)2)15(18)14-12(16)7-4-8-13(14)17/h3,5-6,18H,4,7-8H2,1-2H3. The van der Waals surface area contributed by atoms with Gasteiger partial charge in [-0.1, -0.05) is 18.2 Å². The van der Waals surface area contributed by atoms with Crippen molar-refractivity contribution >= 4 is 17.3 Å². The van der Waals surface area contributed by atoms with Crippen molar-refractivity contribution in [3.8, 4) is 0 Å². The maximum Gasteiger partial charge on any atom is 0.170 e. The minimum atomic E-state index is -0.246. The summed E-state index contributed by atoms with van der Waals surface area (Å²) < 4.78 is 0. The van der Waals surface area contributed by atoms with Crippen molar-refractivity contribution in [3.63, 3.8) is 0 Å². The highest BCUT2D eigenvalue weighted by Crippen LogP contribution is 2.27. The van der Waals surface area contributed by atoms with Crippen molar-refractivity contribution in [2.75, 3.05) is 0 Å². The van der Waals surface area contributed by atoms with Crippen LogP contribution in [0.2, 0.25) is 0 Å². The zero-order valence-corrected chi connectivity index (χ0v) is 10.6. The maximum atomic E-state index is 11.8. The highest BCUT2D eigenvalue weighted by Gasteiger charge is 2.28. The van der Waals surface area contributed by atoms with E-state index in [0.29, 0.717) is 24.8 Å². The molecule has 3 nitrogen and oxygen atoms in total. The van der Waals surface area contributed by atoms with Crippen LogP contribution in [0.4, 0.5) is 0 Å². The molecular formula is C15H16O3. The van der Waals surface area contributed by atoms with Crippen LogP contribution < -0.4 is 0 Å². The lowest BCUT2D eigenvalue weighted by atomic mass is 9.88. The van der Waals surface area contributed by atoms with Gasteiger partial charge < -0.3 is 5.11 Å². The molecule has 1 aromatic rings. The molecule has 1 saturated carbocycles. The van der Waals surface area contributed by atoms with Gasteiger partial charge in [-0.05, 0) is 31.4 Å². The molecule has 0 aliphatic heterocycles. The van der Waals surface area contributed by atoms with Crippen molar-refractivity contribution in [2.45, 2.75) is 33.1 Å². The summed E-state index contributed by atoms with van der Waals surface area (Å²) in [5, 5.41) is 10.2. The van der Waals surface area contributed by atoms with Gasteiger partial charge in [-0.2, -0.15) is 0 Å². The first kappa shape index (κ1) is 12.6. The fourth-order valence-electron chi connectivity index (χ4n) is 2.22. The molecule has 0 heterocycles. The molecule has 1 fully saturated rings. The van der Waals surface area contributed by atoms with Gasteiger partial charge >= 0.3 is 0 Å². The summed E-state index contributed by atoms with van der Waals surface area (Å²) in [5.41, 5.74) is 2.48. The summed E-state index contributed by atoms with van der Waals surface area (Å²) in [6, 6.07) is 5.48. The summed E-state index contributed by atoms with van der Waals surface area (Å²) in [6.45, 7) is 3.81. The Labute approximate surface area is 106 Å². The predicted octanol–water partition coefficient (Wildman–Crippen LogP) is 2.89. The van der Waals surface area contributed by atoms with E-state index in [4.69, 9.17) is 0 Å². The summed E-state index contributed by atoms with van der Waals surface area (Å²) in [7, 11) is 0. The largest absolute Gasteiger partial charge is 0.506 e. The number of carbonyl (C=O) groups excluding carboxylic acids is 2. The van der Waals surface area contributed by atoms with Crippen LogP contribution in [0.25, 0.3) is 5.76 Å². The van der Waals surface area contributed by atoms with Gasteiger partial charge in [0.2, 0.25) is 0 Å². The molecule has 0 unspecified atom stereocenters. The summed E-state index contributed by atoms with van der Waals surface area (Å²) in [5.74, 6) is -0.653. The number of aliphatic hydroxyl groups excluding tert-OH is 1. The average Bonchev–Trinajstić information content (AvgIpc) is 2.32. The number of allylic oxidation sites excluding steroid dienone is 1. The molecule has 0 atom stereocenters. The fourth-order valence-corrected chi connectivity index (χ4v) is 2.22. The van der Waals surface area contributed by atoms with Gasteiger partial charge in [0, 0.05) is 18.4 Å². The third-order valence-electron chi connectivity index (χ3n) is 3.46. The smallest absolute Gasteiger partial charge is 0.170 e. The SMILES string of the molecule is Cc1cccc(C(O)=C2C(=O)CCCC2=O)c1C. The number of aliphatic hydroxyl groups is 1. The van der Waals surface area contributed by atoms with E-state index in [2.05, 4.69) is 0 Å². The van der Waals surface area contributed by atoms with E-state index in [1.165, 1.54) is 0 Å². The molecule has 94 valence electrons. The Balaban J connectivity index is 2.58. The average molecular weight is 244 g/mol. The van der Waals surface area contributed by atoms with Crippen LogP contribution in [0.15, 0.2) is 23.8 Å². The van der Waals surface area contributed by atoms with Gasteiger partial charge in [0.1, 0.15) is 11.3 Å². The van der Waals surface area contributed by atoms with Crippen LogP contribution in [0.5, 0.6) is 0 Å². The summed E-state index contributed by atoms with van der Waals surface area (Å²) in [6.07, 6.45) is 1.27. The zero-order valence-electron chi connectivity index (χ0n) is 10.6. The van der Waals surface area contributed by atoms with E-state index in [9.17, 15) is 14.7 Å². The summed E-state index contributed by atoms with van der Waals surface area (Å²) >= 11 is 0. The molecule has 0 aromatic heterocycles. The van der Waals surface area contributed by atoms with Crippen molar-refractivity contribution in [3.05, 3.63) is 40.5 Å². The Hall–Kier alpha value is -1.90.